The number of nitro groups is 1. The van der Waals surface area contributed by atoms with Crippen molar-refractivity contribution in [1.82, 2.24) is 4.90 Å². The van der Waals surface area contributed by atoms with Gasteiger partial charge in [0, 0.05) is 12.1 Å². The number of non-ortho nitro benzene ring substituents is 1. The van der Waals surface area contributed by atoms with E-state index in [1.54, 1.807) is 6.07 Å². The molecule has 1 amide bonds. The summed E-state index contributed by atoms with van der Waals surface area (Å²) in [7, 11) is 0. The molecule has 2 aromatic rings. The molecule has 1 aliphatic heterocycles. The van der Waals surface area contributed by atoms with Crippen LogP contribution in [0.15, 0.2) is 48.5 Å². The largest absolute Gasteiger partial charge is 0.324 e. The molecule has 6 heteroatoms. The fourth-order valence-corrected chi connectivity index (χ4v) is 3.55. The van der Waals surface area contributed by atoms with E-state index >= 15 is 0 Å². The van der Waals surface area contributed by atoms with Gasteiger partial charge in [-0.3, -0.25) is 19.8 Å². The Bertz CT molecular complexity index is 800. The molecular formula is C21H25N3O3. The Morgan fingerprint density at radius 3 is 2.56 bits per heavy atom. The van der Waals surface area contributed by atoms with Crippen LogP contribution in [0.25, 0.3) is 0 Å². The minimum atomic E-state index is -0.452. The number of aryl methyl sites for hydroxylation is 1. The maximum absolute atomic E-state index is 12.4. The predicted molar refractivity (Wildman–Crippen MR) is 106 cm³/mol. The van der Waals surface area contributed by atoms with Crippen LogP contribution in [0, 0.1) is 23.0 Å². The molecule has 1 N–H and O–H groups in total. The van der Waals surface area contributed by atoms with E-state index in [0.29, 0.717) is 18.2 Å². The van der Waals surface area contributed by atoms with Crippen LogP contribution in [-0.2, 0) is 11.2 Å². The summed E-state index contributed by atoms with van der Waals surface area (Å²) in [6, 6.07) is 15.0. The van der Waals surface area contributed by atoms with Gasteiger partial charge >= 0.3 is 0 Å². The van der Waals surface area contributed by atoms with E-state index in [1.165, 1.54) is 17.7 Å². The molecule has 142 valence electrons. The molecule has 0 saturated carbocycles. The highest BCUT2D eigenvalue weighted by Crippen LogP contribution is 2.23. The number of rotatable bonds is 6. The summed E-state index contributed by atoms with van der Waals surface area (Å²) in [5.74, 6) is 0.533. The third-order valence-corrected chi connectivity index (χ3v) is 5.15. The van der Waals surface area contributed by atoms with Crippen LogP contribution in [-0.4, -0.2) is 35.4 Å². The second kappa shape index (κ2) is 8.77. The van der Waals surface area contributed by atoms with Crippen molar-refractivity contribution in [1.29, 1.82) is 0 Å². The first-order chi connectivity index (χ1) is 13.0. The minimum absolute atomic E-state index is 0.0161. The number of anilines is 1. The average Bonchev–Trinajstić information content (AvgIpc) is 2.66. The summed E-state index contributed by atoms with van der Waals surface area (Å²) in [5.41, 5.74) is 2.68. The monoisotopic (exact) mass is 367 g/mol. The molecule has 0 spiro atoms. The second-order valence-electron chi connectivity index (χ2n) is 7.21. The molecule has 1 heterocycles. The van der Waals surface area contributed by atoms with Gasteiger partial charge in [-0.25, -0.2) is 0 Å². The number of benzene rings is 2. The molecule has 3 rings (SSSR count). The number of nitro benzene ring substituents is 1. The average molecular weight is 367 g/mol. The minimum Gasteiger partial charge on any atom is -0.324 e. The zero-order valence-corrected chi connectivity index (χ0v) is 15.6. The molecule has 1 fully saturated rings. The molecule has 2 aromatic carbocycles. The van der Waals surface area contributed by atoms with Crippen molar-refractivity contribution >= 4 is 17.3 Å². The number of likely N-dealkylation sites (tertiary alicyclic amines) is 1. The summed E-state index contributed by atoms with van der Waals surface area (Å²) in [5, 5.41) is 13.7. The summed E-state index contributed by atoms with van der Waals surface area (Å²) < 4.78 is 0. The topological polar surface area (TPSA) is 75.5 Å². The van der Waals surface area contributed by atoms with Crippen molar-refractivity contribution in [3.8, 4) is 0 Å². The van der Waals surface area contributed by atoms with E-state index in [0.717, 1.165) is 37.9 Å². The van der Waals surface area contributed by atoms with Gasteiger partial charge in [0.2, 0.25) is 5.91 Å². The summed E-state index contributed by atoms with van der Waals surface area (Å²) >= 11 is 0. The van der Waals surface area contributed by atoms with Crippen LogP contribution < -0.4 is 5.32 Å². The van der Waals surface area contributed by atoms with Gasteiger partial charge in [0.25, 0.3) is 5.69 Å². The van der Waals surface area contributed by atoms with Crippen molar-refractivity contribution in [3.05, 3.63) is 69.8 Å². The number of nitrogens with zero attached hydrogens (tertiary/aromatic N) is 2. The first kappa shape index (κ1) is 19.0. The smallest absolute Gasteiger partial charge is 0.271 e. The number of carbonyl (C=O) groups is 1. The van der Waals surface area contributed by atoms with E-state index in [-0.39, 0.29) is 11.6 Å². The van der Waals surface area contributed by atoms with E-state index in [4.69, 9.17) is 0 Å². The maximum Gasteiger partial charge on any atom is 0.271 e. The van der Waals surface area contributed by atoms with Gasteiger partial charge in [0.15, 0.2) is 0 Å². The van der Waals surface area contributed by atoms with Gasteiger partial charge in [-0.2, -0.15) is 0 Å². The summed E-state index contributed by atoms with van der Waals surface area (Å²) in [6.45, 7) is 3.95. The van der Waals surface area contributed by atoms with Gasteiger partial charge < -0.3 is 5.32 Å². The van der Waals surface area contributed by atoms with Crippen LogP contribution >= 0.6 is 0 Å². The van der Waals surface area contributed by atoms with Gasteiger partial charge in [-0.15, -0.1) is 0 Å². The molecule has 6 nitrogen and oxygen atoms in total. The Morgan fingerprint density at radius 1 is 1.19 bits per heavy atom. The fraction of sp³-hybridized carbons (Fsp3) is 0.381. The molecule has 1 saturated heterocycles. The van der Waals surface area contributed by atoms with Gasteiger partial charge in [-0.05, 0) is 56.3 Å². The summed E-state index contributed by atoms with van der Waals surface area (Å²) in [4.78, 5) is 25.0. The SMILES string of the molecule is Cc1ccc([N+](=O)[O-])cc1NC(=O)CN1CCC(Cc2ccccc2)CC1. The van der Waals surface area contributed by atoms with Crippen molar-refractivity contribution in [2.24, 2.45) is 5.92 Å². The Kier molecular flexibility index (Phi) is 6.19. The van der Waals surface area contributed by atoms with Crippen LogP contribution in [0.4, 0.5) is 11.4 Å². The molecule has 0 aliphatic carbocycles. The number of carbonyl (C=O) groups excluding carboxylic acids is 1. The van der Waals surface area contributed by atoms with Gasteiger partial charge in [0.05, 0.1) is 17.2 Å². The van der Waals surface area contributed by atoms with Crippen LogP contribution in [0.5, 0.6) is 0 Å². The zero-order valence-electron chi connectivity index (χ0n) is 15.6. The lowest BCUT2D eigenvalue weighted by Crippen LogP contribution is -2.39. The number of nitrogens with one attached hydrogen (secondary N) is 1. The lowest BCUT2D eigenvalue weighted by Gasteiger charge is -2.31. The Balaban J connectivity index is 1.48. The molecule has 0 aromatic heterocycles. The Hall–Kier alpha value is -2.73. The maximum atomic E-state index is 12.4. The van der Waals surface area contributed by atoms with Crippen LogP contribution in [0.1, 0.15) is 24.0 Å². The highest BCUT2D eigenvalue weighted by molar-refractivity contribution is 5.93. The molecule has 27 heavy (non-hydrogen) atoms. The first-order valence-corrected chi connectivity index (χ1v) is 9.32. The van der Waals surface area contributed by atoms with Crippen molar-refractivity contribution in [2.75, 3.05) is 25.0 Å². The summed E-state index contributed by atoms with van der Waals surface area (Å²) in [6.07, 6.45) is 3.25. The van der Waals surface area contributed by atoms with Gasteiger partial charge in [0.1, 0.15) is 0 Å². The normalized spacial score (nSPS) is 15.4. The van der Waals surface area contributed by atoms with E-state index in [9.17, 15) is 14.9 Å². The number of hydrogen-bond acceptors (Lipinski definition) is 4. The quantitative estimate of drug-likeness (QED) is 0.622. The number of piperidine rings is 1. The van der Waals surface area contributed by atoms with Gasteiger partial charge in [-0.1, -0.05) is 36.4 Å². The van der Waals surface area contributed by atoms with Crippen LogP contribution in [0.2, 0.25) is 0 Å². The molecule has 1 aliphatic rings. The molecule has 0 atom stereocenters. The Morgan fingerprint density at radius 2 is 1.89 bits per heavy atom. The van der Waals surface area contributed by atoms with Crippen molar-refractivity contribution < 1.29 is 9.72 Å². The molecule has 0 bridgehead atoms. The van der Waals surface area contributed by atoms with Crippen LogP contribution in [0.3, 0.4) is 0 Å². The van der Waals surface area contributed by atoms with E-state index in [2.05, 4.69) is 34.5 Å². The molecule has 0 unspecified atom stereocenters. The number of hydrogen-bond donors (Lipinski definition) is 1. The fourth-order valence-electron chi connectivity index (χ4n) is 3.55. The standard InChI is InChI=1S/C21H25N3O3/c1-16-7-8-19(24(26)27)14-20(16)22-21(25)15-23-11-9-18(10-12-23)13-17-5-3-2-4-6-17/h2-8,14,18H,9-13,15H2,1H3,(H,22,25). The first-order valence-electron chi connectivity index (χ1n) is 9.32. The third kappa shape index (κ3) is 5.37. The lowest BCUT2D eigenvalue weighted by atomic mass is 9.90. The lowest BCUT2D eigenvalue weighted by molar-refractivity contribution is -0.384. The Labute approximate surface area is 159 Å². The highest BCUT2D eigenvalue weighted by atomic mass is 16.6. The second-order valence-corrected chi connectivity index (χ2v) is 7.21. The molecular weight excluding hydrogens is 342 g/mol. The van der Waals surface area contributed by atoms with E-state index < -0.39 is 4.92 Å². The van der Waals surface area contributed by atoms with Crippen molar-refractivity contribution in [3.63, 3.8) is 0 Å². The molecule has 0 radical (unpaired) electrons. The predicted octanol–water partition coefficient (Wildman–Crippen LogP) is 3.80. The third-order valence-electron chi connectivity index (χ3n) is 5.15. The number of amides is 1. The van der Waals surface area contributed by atoms with Crippen molar-refractivity contribution in [2.45, 2.75) is 26.2 Å². The zero-order chi connectivity index (χ0) is 19.2. The highest BCUT2D eigenvalue weighted by Gasteiger charge is 2.21. The van der Waals surface area contributed by atoms with E-state index in [1.807, 2.05) is 13.0 Å².